The number of carbonyl (C=O) groups is 2. The third-order valence-corrected chi connectivity index (χ3v) is 6.26. The van der Waals surface area contributed by atoms with Crippen LogP contribution in [0.3, 0.4) is 0 Å². The van der Waals surface area contributed by atoms with Gasteiger partial charge in [0.2, 0.25) is 5.54 Å². The fourth-order valence-electron chi connectivity index (χ4n) is 3.71. The van der Waals surface area contributed by atoms with E-state index < -0.39 is 30.2 Å². The summed E-state index contributed by atoms with van der Waals surface area (Å²) >= 11 is 1.23. The largest absolute Gasteiger partial charge is 0.493 e. The summed E-state index contributed by atoms with van der Waals surface area (Å²) < 4.78 is 53.2. The van der Waals surface area contributed by atoms with Crippen LogP contribution in [0.4, 0.5) is 18.0 Å². The number of hydrogen-bond acceptors (Lipinski definition) is 6. The monoisotopic (exact) mass is 491 g/mol. The molecule has 1 fully saturated rings. The quantitative estimate of drug-likeness (QED) is 0.484. The molecule has 34 heavy (non-hydrogen) atoms. The topological polar surface area (TPSA) is 80.8 Å². The van der Waals surface area contributed by atoms with Crippen LogP contribution in [0.5, 0.6) is 11.5 Å². The van der Waals surface area contributed by atoms with Crippen LogP contribution in [0.15, 0.2) is 53.9 Å². The first-order chi connectivity index (χ1) is 16.2. The number of aromatic nitrogens is 1. The molecule has 1 saturated heterocycles. The summed E-state index contributed by atoms with van der Waals surface area (Å²) in [5, 5.41) is 4.01. The van der Waals surface area contributed by atoms with Crippen LogP contribution in [0, 0.1) is 0 Å². The Labute approximate surface area is 197 Å². The second kappa shape index (κ2) is 8.98. The normalized spacial score (nSPS) is 18.2. The third-order valence-electron chi connectivity index (χ3n) is 5.32. The Balaban J connectivity index is 1.61. The molecule has 3 aromatic rings. The molecule has 11 heteroatoms. The second-order valence-corrected chi connectivity index (χ2v) is 8.24. The SMILES string of the molecule is CCOc1ccc(-c2nc(CN3C(=O)NC(c4ccccc4)(C(F)(F)F)C3=O)cs2)cc1OC. The number of benzene rings is 2. The fraction of sp³-hybridized carbons (Fsp3) is 0.261. The summed E-state index contributed by atoms with van der Waals surface area (Å²) in [6.45, 7) is 1.91. The van der Waals surface area contributed by atoms with Crippen LogP contribution in [0.2, 0.25) is 0 Å². The number of nitrogens with one attached hydrogen (secondary N) is 1. The summed E-state index contributed by atoms with van der Waals surface area (Å²) in [6.07, 6.45) is -5.04. The van der Waals surface area contributed by atoms with Crippen molar-refractivity contribution in [1.29, 1.82) is 0 Å². The molecular weight excluding hydrogens is 471 g/mol. The molecule has 1 aliphatic heterocycles. The molecule has 0 spiro atoms. The van der Waals surface area contributed by atoms with E-state index in [9.17, 15) is 22.8 Å². The molecule has 1 N–H and O–H groups in total. The minimum Gasteiger partial charge on any atom is -0.493 e. The molecule has 2 heterocycles. The first-order valence-corrected chi connectivity index (χ1v) is 11.1. The van der Waals surface area contributed by atoms with Crippen molar-refractivity contribution < 1.29 is 32.2 Å². The van der Waals surface area contributed by atoms with Crippen molar-refractivity contribution in [2.24, 2.45) is 0 Å². The molecular formula is C23H20F3N3O4S. The number of alkyl halides is 3. The Morgan fingerprint density at radius 2 is 1.85 bits per heavy atom. The highest BCUT2D eigenvalue weighted by molar-refractivity contribution is 7.13. The van der Waals surface area contributed by atoms with Gasteiger partial charge in [0.05, 0.1) is 26.0 Å². The average molecular weight is 491 g/mol. The van der Waals surface area contributed by atoms with Crippen molar-refractivity contribution in [3.63, 3.8) is 0 Å². The van der Waals surface area contributed by atoms with Crippen molar-refractivity contribution in [3.05, 3.63) is 65.2 Å². The number of amides is 3. The standard InChI is InChI=1S/C23H20F3N3O4S/c1-3-33-17-10-9-14(11-18(17)32-2)19-27-16(13-34-19)12-29-20(30)22(23(24,25)26,28-21(29)31)15-7-5-4-6-8-15/h4-11,13H,3,12H2,1-2H3,(H,28,31). The Morgan fingerprint density at radius 3 is 2.50 bits per heavy atom. The Bertz CT molecular complexity index is 1220. The number of ether oxygens (including phenoxy) is 2. The number of imide groups is 1. The number of thiazole rings is 1. The minimum atomic E-state index is -5.04. The molecule has 2 aromatic carbocycles. The van der Waals surface area contributed by atoms with Gasteiger partial charge in [-0.25, -0.2) is 9.78 Å². The van der Waals surface area contributed by atoms with Crippen LogP contribution in [0.25, 0.3) is 10.6 Å². The Hall–Kier alpha value is -3.60. The van der Waals surface area contributed by atoms with E-state index >= 15 is 0 Å². The molecule has 3 amide bonds. The summed E-state index contributed by atoms with van der Waals surface area (Å²) in [7, 11) is 1.51. The van der Waals surface area contributed by atoms with Crippen molar-refractivity contribution in [2.45, 2.75) is 25.2 Å². The number of hydrogen-bond donors (Lipinski definition) is 1. The molecule has 0 saturated carbocycles. The summed E-state index contributed by atoms with van der Waals surface area (Å²) in [5.74, 6) is -0.328. The average Bonchev–Trinajstić information content (AvgIpc) is 3.39. The van der Waals surface area contributed by atoms with Gasteiger partial charge in [0, 0.05) is 10.9 Å². The zero-order valence-corrected chi connectivity index (χ0v) is 19.0. The van der Waals surface area contributed by atoms with Gasteiger partial charge >= 0.3 is 12.2 Å². The van der Waals surface area contributed by atoms with Crippen molar-refractivity contribution in [2.75, 3.05) is 13.7 Å². The highest BCUT2D eigenvalue weighted by Gasteiger charge is 2.68. The predicted molar refractivity (Wildman–Crippen MR) is 119 cm³/mol. The van der Waals surface area contributed by atoms with Gasteiger partial charge in [-0.1, -0.05) is 30.3 Å². The second-order valence-electron chi connectivity index (χ2n) is 7.38. The molecule has 1 aromatic heterocycles. The van der Waals surface area contributed by atoms with Crippen molar-refractivity contribution in [3.8, 4) is 22.1 Å². The maximum absolute atomic E-state index is 14.1. The third kappa shape index (κ3) is 3.96. The van der Waals surface area contributed by atoms with Gasteiger partial charge in [0.1, 0.15) is 5.01 Å². The van der Waals surface area contributed by atoms with Gasteiger partial charge in [0.15, 0.2) is 11.5 Å². The van der Waals surface area contributed by atoms with E-state index in [2.05, 4.69) is 4.98 Å². The van der Waals surface area contributed by atoms with Gasteiger partial charge in [-0.2, -0.15) is 13.2 Å². The molecule has 0 radical (unpaired) electrons. The maximum Gasteiger partial charge on any atom is 0.425 e. The lowest BCUT2D eigenvalue weighted by molar-refractivity contribution is -0.198. The predicted octanol–water partition coefficient (Wildman–Crippen LogP) is 4.73. The van der Waals surface area contributed by atoms with Gasteiger partial charge in [-0.3, -0.25) is 9.69 Å². The zero-order valence-electron chi connectivity index (χ0n) is 18.2. The summed E-state index contributed by atoms with van der Waals surface area (Å²) in [4.78, 5) is 30.5. The lowest BCUT2D eigenvalue weighted by atomic mass is 9.89. The zero-order chi connectivity index (χ0) is 24.5. The first-order valence-electron chi connectivity index (χ1n) is 10.2. The van der Waals surface area contributed by atoms with Crippen LogP contribution in [0.1, 0.15) is 18.2 Å². The number of halogens is 3. The van der Waals surface area contributed by atoms with Gasteiger partial charge in [-0.15, -0.1) is 11.3 Å². The molecule has 7 nitrogen and oxygen atoms in total. The Morgan fingerprint density at radius 1 is 1.12 bits per heavy atom. The van der Waals surface area contributed by atoms with E-state index in [0.717, 1.165) is 12.1 Å². The minimum absolute atomic E-state index is 0.280. The highest BCUT2D eigenvalue weighted by atomic mass is 32.1. The molecule has 0 aliphatic carbocycles. The molecule has 1 unspecified atom stereocenters. The number of nitrogens with zero attached hydrogens (tertiary/aromatic N) is 2. The van der Waals surface area contributed by atoms with Crippen LogP contribution in [-0.4, -0.2) is 41.7 Å². The maximum atomic E-state index is 14.1. The fourth-order valence-corrected chi connectivity index (χ4v) is 4.52. The van der Waals surface area contributed by atoms with E-state index in [1.807, 2.05) is 12.2 Å². The number of urea groups is 1. The van der Waals surface area contributed by atoms with E-state index in [0.29, 0.717) is 33.6 Å². The van der Waals surface area contributed by atoms with E-state index in [4.69, 9.17) is 9.47 Å². The molecule has 1 atom stereocenters. The molecule has 4 rings (SSSR count). The first kappa shape index (κ1) is 23.6. The lowest BCUT2D eigenvalue weighted by Crippen LogP contribution is -2.55. The smallest absolute Gasteiger partial charge is 0.425 e. The molecule has 1 aliphatic rings. The van der Waals surface area contributed by atoms with Crippen molar-refractivity contribution in [1.82, 2.24) is 15.2 Å². The van der Waals surface area contributed by atoms with Crippen molar-refractivity contribution >= 4 is 23.3 Å². The molecule has 0 bridgehead atoms. The number of methoxy groups -OCH3 is 1. The highest BCUT2D eigenvalue weighted by Crippen LogP contribution is 2.44. The van der Waals surface area contributed by atoms with E-state index in [1.54, 1.807) is 23.6 Å². The van der Waals surface area contributed by atoms with Gasteiger partial charge in [0.25, 0.3) is 5.91 Å². The van der Waals surface area contributed by atoms with Crippen LogP contribution in [-0.2, 0) is 16.9 Å². The lowest BCUT2D eigenvalue weighted by Gasteiger charge is -2.29. The van der Waals surface area contributed by atoms with E-state index in [-0.39, 0.29) is 11.3 Å². The Kier molecular flexibility index (Phi) is 6.22. The van der Waals surface area contributed by atoms with Gasteiger partial charge < -0.3 is 14.8 Å². The number of rotatable bonds is 7. The van der Waals surface area contributed by atoms with Crippen LogP contribution < -0.4 is 14.8 Å². The molecule has 178 valence electrons. The van der Waals surface area contributed by atoms with Crippen LogP contribution >= 0.6 is 11.3 Å². The summed E-state index contributed by atoms with van der Waals surface area (Å²) in [5.41, 5.74) is -2.53. The number of carbonyl (C=O) groups excluding carboxylic acids is 2. The van der Waals surface area contributed by atoms with E-state index in [1.165, 1.54) is 36.6 Å². The summed E-state index contributed by atoms with van der Waals surface area (Å²) in [6, 6.07) is 10.7. The van der Waals surface area contributed by atoms with Gasteiger partial charge in [-0.05, 0) is 30.7 Å².